The van der Waals surface area contributed by atoms with Gasteiger partial charge in [-0.25, -0.2) is 4.39 Å². The summed E-state index contributed by atoms with van der Waals surface area (Å²) in [5.74, 6) is -1.70. The number of nitrogens with zero attached hydrogens (tertiary/aromatic N) is 2. The van der Waals surface area contributed by atoms with Crippen molar-refractivity contribution in [3.05, 3.63) is 35.6 Å². The van der Waals surface area contributed by atoms with Gasteiger partial charge in [-0.05, 0) is 42.9 Å². The highest BCUT2D eigenvalue weighted by molar-refractivity contribution is 5.80. The molecule has 148 valence electrons. The summed E-state index contributed by atoms with van der Waals surface area (Å²) in [7, 11) is 0. The number of hydrogen-bond acceptors (Lipinski definition) is 3. The van der Waals surface area contributed by atoms with E-state index in [4.69, 9.17) is 5.11 Å². The van der Waals surface area contributed by atoms with Gasteiger partial charge in [0.05, 0.1) is 0 Å². The third-order valence-corrected chi connectivity index (χ3v) is 5.10. The summed E-state index contributed by atoms with van der Waals surface area (Å²) >= 11 is 0. The van der Waals surface area contributed by atoms with Crippen molar-refractivity contribution in [3.8, 4) is 0 Å². The van der Waals surface area contributed by atoms with Gasteiger partial charge in [-0.2, -0.15) is 0 Å². The lowest BCUT2D eigenvalue weighted by Crippen LogP contribution is -2.43. The van der Waals surface area contributed by atoms with Crippen LogP contribution in [-0.4, -0.2) is 58.4 Å². The first kappa shape index (κ1) is 20.9. The van der Waals surface area contributed by atoms with Crippen molar-refractivity contribution in [2.45, 2.75) is 51.5 Å². The second kappa shape index (κ2) is 9.48. The number of rotatable bonds is 6. The summed E-state index contributed by atoms with van der Waals surface area (Å²) in [4.78, 5) is 38.6. The number of aliphatic carboxylic acids is 1. The topological polar surface area (TPSA) is 77.9 Å². The summed E-state index contributed by atoms with van der Waals surface area (Å²) in [6.07, 6.45) is 2.25. The maximum absolute atomic E-state index is 13.4. The molecule has 2 unspecified atom stereocenters. The van der Waals surface area contributed by atoms with Gasteiger partial charge in [0.1, 0.15) is 12.4 Å². The van der Waals surface area contributed by atoms with Crippen molar-refractivity contribution in [2.75, 3.05) is 19.6 Å². The van der Waals surface area contributed by atoms with Crippen LogP contribution in [0.1, 0.15) is 51.0 Å². The highest BCUT2D eigenvalue weighted by atomic mass is 19.1. The molecule has 0 aliphatic carbocycles. The molecule has 6 nitrogen and oxygen atoms in total. The second-order valence-electron chi connectivity index (χ2n) is 7.17. The number of benzene rings is 1. The van der Waals surface area contributed by atoms with Gasteiger partial charge in [0, 0.05) is 32.5 Å². The van der Waals surface area contributed by atoms with Crippen molar-refractivity contribution in [3.63, 3.8) is 0 Å². The molecule has 1 aliphatic heterocycles. The quantitative estimate of drug-likeness (QED) is 0.825. The number of carbonyl (C=O) groups excluding carboxylic acids is 2. The fraction of sp³-hybridized carbons (Fsp3) is 0.550. The molecular formula is C20H27FN2O4. The number of carbonyl (C=O) groups is 3. The minimum atomic E-state index is -1.04. The van der Waals surface area contributed by atoms with E-state index in [1.54, 1.807) is 11.0 Å². The number of amides is 2. The van der Waals surface area contributed by atoms with Crippen LogP contribution in [-0.2, 0) is 14.4 Å². The fourth-order valence-electron chi connectivity index (χ4n) is 3.61. The average molecular weight is 378 g/mol. The molecule has 0 saturated carbocycles. The van der Waals surface area contributed by atoms with Gasteiger partial charge in [-0.3, -0.25) is 14.4 Å². The van der Waals surface area contributed by atoms with E-state index in [2.05, 4.69) is 0 Å². The predicted molar refractivity (Wildman–Crippen MR) is 98.7 cm³/mol. The first-order valence-corrected chi connectivity index (χ1v) is 9.30. The molecular weight excluding hydrogens is 351 g/mol. The van der Waals surface area contributed by atoms with Crippen molar-refractivity contribution >= 4 is 17.8 Å². The van der Waals surface area contributed by atoms with Gasteiger partial charge >= 0.3 is 5.97 Å². The fourth-order valence-corrected chi connectivity index (χ4v) is 3.61. The molecule has 7 heteroatoms. The molecule has 1 saturated heterocycles. The highest BCUT2D eigenvalue weighted by Crippen LogP contribution is 2.23. The van der Waals surface area contributed by atoms with Crippen LogP contribution in [0.4, 0.5) is 4.39 Å². The molecule has 1 aromatic rings. The molecule has 1 aliphatic rings. The highest BCUT2D eigenvalue weighted by Gasteiger charge is 2.28. The van der Waals surface area contributed by atoms with Crippen molar-refractivity contribution in [2.24, 2.45) is 0 Å². The molecule has 1 fully saturated rings. The Balaban J connectivity index is 1.95. The Hall–Kier alpha value is -2.44. The van der Waals surface area contributed by atoms with Gasteiger partial charge in [0.2, 0.25) is 11.8 Å². The minimum Gasteiger partial charge on any atom is -0.480 e. The molecule has 27 heavy (non-hydrogen) atoms. The summed E-state index contributed by atoms with van der Waals surface area (Å²) < 4.78 is 13.4. The van der Waals surface area contributed by atoms with Gasteiger partial charge in [-0.1, -0.05) is 19.1 Å². The van der Waals surface area contributed by atoms with Crippen LogP contribution < -0.4 is 0 Å². The Morgan fingerprint density at radius 2 is 2.04 bits per heavy atom. The Morgan fingerprint density at radius 1 is 1.30 bits per heavy atom. The van der Waals surface area contributed by atoms with Gasteiger partial charge in [0.15, 0.2) is 0 Å². The molecule has 2 rings (SSSR count). The summed E-state index contributed by atoms with van der Waals surface area (Å²) in [6, 6.07) is 6.12. The lowest BCUT2D eigenvalue weighted by molar-refractivity contribution is -0.145. The molecule has 0 radical (unpaired) electrons. The zero-order chi connectivity index (χ0) is 20.0. The van der Waals surface area contributed by atoms with Crippen LogP contribution in [0.25, 0.3) is 0 Å². The number of halogens is 1. The zero-order valence-electron chi connectivity index (χ0n) is 15.9. The number of likely N-dealkylation sites (tertiary alicyclic amines) is 1. The largest absolute Gasteiger partial charge is 0.480 e. The second-order valence-corrected chi connectivity index (χ2v) is 7.17. The zero-order valence-corrected chi connectivity index (χ0v) is 15.9. The Kier molecular flexibility index (Phi) is 7.33. The number of carboxylic acids is 1. The smallest absolute Gasteiger partial charge is 0.323 e. The van der Waals surface area contributed by atoms with Crippen molar-refractivity contribution in [1.82, 2.24) is 9.80 Å². The van der Waals surface area contributed by atoms with Crippen LogP contribution in [0.15, 0.2) is 24.3 Å². The molecule has 0 aromatic heterocycles. The SMILES string of the molecule is CC(=O)N(CC(=O)O)C1CCCN(C(=O)CC(C)c2cccc(F)c2)CC1. The normalized spacial score (nSPS) is 18.5. The van der Waals surface area contributed by atoms with E-state index >= 15 is 0 Å². The Morgan fingerprint density at radius 3 is 2.67 bits per heavy atom. The molecule has 1 heterocycles. The monoisotopic (exact) mass is 378 g/mol. The summed E-state index contributed by atoms with van der Waals surface area (Å²) in [6.45, 7) is 4.03. The maximum Gasteiger partial charge on any atom is 0.323 e. The first-order chi connectivity index (χ1) is 12.8. The number of hydrogen-bond donors (Lipinski definition) is 1. The van der Waals surface area contributed by atoms with E-state index in [-0.39, 0.29) is 36.1 Å². The molecule has 2 amide bonds. The molecule has 1 aromatic carbocycles. The van der Waals surface area contributed by atoms with E-state index in [0.29, 0.717) is 38.8 Å². The summed E-state index contributed by atoms with van der Waals surface area (Å²) in [5.41, 5.74) is 0.792. The van der Waals surface area contributed by atoms with Crippen molar-refractivity contribution in [1.29, 1.82) is 0 Å². The average Bonchev–Trinajstić information content (AvgIpc) is 2.85. The Bertz CT molecular complexity index is 694. The van der Waals surface area contributed by atoms with Crippen LogP contribution in [0.3, 0.4) is 0 Å². The van der Waals surface area contributed by atoms with Crippen LogP contribution >= 0.6 is 0 Å². The lowest BCUT2D eigenvalue weighted by atomic mass is 9.97. The maximum atomic E-state index is 13.4. The van der Waals surface area contributed by atoms with Crippen molar-refractivity contribution < 1.29 is 23.9 Å². The standard InChI is InChI=1S/C20H27FN2O4/c1-14(16-5-3-6-17(21)12-16)11-19(25)22-9-4-7-18(8-10-22)23(15(2)24)13-20(26)27/h3,5-6,12,14,18H,4,7-11,13H2,1-2H3,(H,26,27). The first-order valence-electron chi connectivity index (χ1n) is 9.30. The molecule has 2 atom stereocenters. The van der Waals surface area contributed by atoms with Crippen LogP contribution in [0.5, 0.6) is 0 Å². The van der Waals surface area contributed by atoms with Gasteiger partial charge < -0.3 is 14.9 Å². The minimum absolute atomic E-state index is 0.0000193. The van der Waals surface area contributed by atoms with Crippen LogP contribution in [0, 0.1) is 5.82 Å². The van der Waals surface area contributed by atoms with E-state index in [0.717, 1.165) is 5.56 Å². The predicted octanol–water partition coefficient (Wildman–Crippen LogP) is 2.63. The van der Waals surface area contributed by atoms with E-state index in [9.17, 15) is 18.8 Å². The Labute approximate surface area is 158 Å². The van der Waals surface area contributed by atoms with Gasteiger partial charge in [-0.15, -0.1) is 0 Å². The third-order valence-electron chi connectivity index (χ3n) is 5.10. The van der Waals surface area contributed by atoms with Gasteiger partial charge in [0.25, 0.3) is 0 Å². The van der Waals surface area contributed by atoms with Crippen LogP contribution in [0.2, 0.25) is 0 Å². The molecule has 0 spiro atoms. The number of carboxylic acid groups (broad SMARTS) is 1. The lowest BCUT2D eigenvalue weighted by Gasteiger charge is -2.29. The molecule has 0 bridgehead atoms. The van der Waals surface area contributed by atoms with E-state index < -0.39 is 5.97 Å². The third kappa shape index (κ3) is 6.05. The van der Waals surface area contributed by atoms with E-state index in [1.807, 2.05) is 13.0 Å². The summed E-state index contributed by atoms with van der Waals surface area (Å²) in [5, 5.41) is 9.02. The van der Waals surface area contributed by atoms with E-state index in [1.165, 1.54) is 24.0 Å². The molecule has 1 N–H and O–H groups in total.